The normalized spacial score (nSPS) is 12.1. The topological polar surface area (TPSA) is 71.2 Å². The molecule has 0 saturated carbocycles. The Morgan fingerprint density at radius 3 is 1.75 bits per heavy atom. The van der Waals surface area contributed by atoms with Crippen molar-refractivity contribution in [1.82, 2.24) is 0 Å². The number of unbranched alkanes of at least 4 members (excludes halogenated alkanes) is 9. The first-order valence-electron chi connectivity index (χ1n) is 13.7. The lowest BCUT2D eigenvalue weighted by atomic mass is 10.1. The molecule has 0 aliphatic heterocycles. The van der Waals surface area contributed by atoms with Crippen LogP contribution in [0.4, 0.5) is 11.4 Å². The molecule has 2 aromatic rings. The highest BCUT2D eigenvalue weighted by molar-refractivity contribution is 5.86. The Balaban J connectivity index is 1.86. The monoisotopic (exact) mass is 492 g/mol. The highest BCUT2D eigenvalue weighted by Gasteiger charge is 2.12. The van der Waals surface area contributed by atoms with Gasteiger partial charge in [-0.15, -0.1) is 0 Å². The van der Waals surface area contributed by atoms with E-state index in [0.717, 1.165) is 30.6 Å². The standard InChI is InChI=1S/C31H44N2O3/c1-4-6-8-9-10-11-12-13-14-16-30(25(3)31(34)35)36-29-23-21-28(22-24-29)33-32-27-19-17-26(18-20-27)15-7-5-2/h17-24H,4-16H2,1-3H3,(H,34,35)/b30-25+,33-32?. The van der Waals surface area contributed by atoms with Gasteiger partial charge in [0.25, 0.3) is 0 Å². The lowest BCUT2D eigenvalue weighted by Gasteiger charge is -2.12. The molecule has 5 heteroatoms. The van der Waals surface area contributed by atoms with Gasteiger partial charge < -0.3 is 9.84 Å². The number of ether oxygens (including phenoxy) is 1. The smallest absolute Gasteiger partial charge is 0.334 e. The maximum absolute atomic E-state index is 11.6. The van der Waals surface area contributed by atoms with Crippen LogP contribution < -0.4 is 4.74 Å². The van der Waals surface area contributed by atoms with Crippen LogP contribution in [0.15, 0.2) is 70.1 Å². The largest absolute Gasteiger partial charge is 0.478 e. The fourth-order valence-electron chi connectivity index (χ4n) is 3.98. The van der Waals surface area contributed by atoms with Gasteiger partial charge in [0, 0.05) is 6.42 Å². The zero-order chi connectivity index (χ0) is 26.0. The molecule has 0 fully saturated rings. The number of aryl methyl sites for hydroxylation is 1. The van der Waals surface area contributed by atoms with Crippen molar-refractivity contribution in [3.05, 3.63) is 65.4 Å². The van der Waals surface area contributed by atoms with Crippen molar-refractivity contribution in [3.8, 4) is 5.75 Å². The fourth-order valence-corrected chi connectivity index (χ4v) is 3.98. The maximum Gasteiger partial charge on any atom is 0.334 e. The van der Waals surface area contributed by atoms with E-state index in [-0.39, 0.29) is 5.57 Å². The minimum atomic E-state index is -0.938. The van der Waals surface area contributed by atoms with Crippen molar-refractivity contribution in [1.29, 1.82) is 0 Å². The summed E-state index contributed by atoms with van der Waals surface area (Å²) in [6.45, 7) is 6.05. The molecule has 0 heterocycles. The number of azo groups is 1. The van der Waals surface area contributed by atoms with Crippen LogP contribution in [0.25, 0.3) is 0 Å². The van der Waals surface area contributed by atoms with E-state index in [1.54, 1.807) is 6.92 Å². The van der Waals surface area contributed by atoms with Crippen molar-refractivity contribution in [2.45, 2.75) is 104 Å². The molecule has 0 aliphatic carbocycles. The Kier molecular flexibility index (Phi) is 14.2. The number of hydrogen-bond acceptors (Lipinski definition) is 4. The van der Waals surface area contributed by atoms with Crippen LogP contribution in [-0.4, -0.2) is 11.1 Å². The van der Waals surface area contributed by atoms with Gasteiger partial charge in [0.05, 0.1) is 16.9 Å². The number of allylic oxidation sites excluding steroid dienone is 1. The molecule has 0 atom stereocenters. The van der Waals surface area contributed by atoms with Crippen molar-refractivity contribution >= 4 is 17.3 Å². The van der Waals surface area contributed by atoms with Crippen LogP contribution in [0.2, 0.25) is 0 Å². The molecule has 0 aliphatic rings. The quantitative estimate of drug-likeness (QED) is 0.0973. The summed E-state index contributed by atoms with van der Waals surface area (Å²) in [6.07, 6.45) is 15.1. The Hall–Kier alpha value is -2.95. The molecule has 0 saturated heterocycles. The lowest BCUT2D eigenvalue weighted by molar-refractivity contribution is -0.132. The number of carboxylic acid groups (broad SMARTS) is 1. The van der Waals surface area contributed by atoms with E-state index in [9.17, 15) is 9.90 Å². The van der Waals surface area contributed by atoms with E-state index in [2.05, 4.69) is 36.2 Å². The average molecular weight is 493 g/mol. The summed E-state index contributed by atoms with van der Waals surface area (Å²) in [4.78, 5) is 11.6. The van der Waals surface area contributed by atoms with Gasteiger partial charge in [-0.3, -0.25) is 0 Å². The minimum Gasteiger partial charge on any atom is -0.478 e. The first-order chi connectivity index (χ1) is 17.5. The summed E-state index contributed by atoms with van der Waals surface area (Å²) in [5.41, 5.74) is 3.12. The first-order valence-corrected chi connectivity index (χ1v) is 13.7. The van der Waals surface area contributed by atoms with E-state index in [0.29, 0.717) is 17.9 Å². The zero-order valence-electron chi connectivity index (χ0n) is 22.5. The summed E-state index contributed by atoms with van der Waals surface area (Å²) < 4.78 is 6.00. The van der Waals surface area contributed by atoms with Crippen LogP contribution in [0.3, 0.4) is 0 Å². The molecule has 36 heavy (non-hydrogen) atoms. The molecule has 2 aromatic carbocycles. The Bertz CT molecular complexity index is 947. The second-order valence-electron chi connectivity index (χ2n) is 9.50. The second kappa shape index (κ2) is 17.5. The van der Waals surface area contributed by atoms with Gasteiger partial charge in [0.15, 0.2) is 0 Å². The SMILES string of the molecule is CCCCCCCCCCC/C(Oc1ccc(N=Nc2ccc(CCCC)cc2)cc1)=C(/C)C(=O)O. The number of hydrogen-bond donors (Lipinski definition) is 1. The molecule has 196 valence electrons. The Morgan fingerprint density at radius 2 is 1.22 bits per heavy atom. The van der Waals surface area contributed by atoms with Crippen LogP contribution in [0.5, 0.6) is 5.75 Å². The van der Waals surface area contributed by atoms with Crippen LogP contribution >= 0.6 is 0 Å². The summed E-state index contributed by atoms with van der Waals surface area (Å²) in [7, 11) is 0. The van der Waals surface area contributed by atoms with Gasteiger partial charge in [-0.1, -0.05) is 83.8 Å². The van der Waals surface area contributed by atoms with Gasteiger partial charge in [0.1, 0.15) is 11.5 Å². The van der Waals surface area contributed by atoms with Crippen molar-refractivity contribution in [2.24, 2.45) is 10.2 Å². The average Bonchev–Trinajstić information content (AvgIpc) is 2.90. The molecule has 0 amide bonds. The van der Waals surface area contributed by atoms with E-state index >= 15 is 0 Å². The number of benzene rings is 2. The van der Waals surface area contributed by atoms with E-state index < -0.39 is 5.97 Å². The summed E-state index contributed by atoms with van der Waals surface area (Å²) in [5.74, 6) is 0.204. The highest BCUT2D eigenvalue weighted by atomic mass is 16.5. The molecule has 0 spiro atoms. The van der Waals surface area contributed by atoms with Gasteiger partial charge in [-0.05, 0) is 68.1 Å². The molecule has 2 rings (SSSR count). The van der Waals surface area contributed by atoms with Crippen LogP contribution in [0, 0.1) is 0 Å². The molecule has 0 unspecified atom stereocenters. The van der Waals surface area contributed by atoms with Crippen molar-refractivity contribution < 1.29 is 14.6 Å². The molecular formula is C31H44N2O3. The maximum atomic E-state index is 11.6. The summed E-state index contributed by atoms with van der Waals surface area (Å²) in [5, 5.41) is 18.1. The lowest BCUT2D eigenvalue weighted by Crippen LogP contribution is -2.06. The third-order valence-electron chi connectivity index (χ3n) is 6.36. The number of nitrogens with zero attached hydrogens (tertiary/aromatic N) is 2. The third kappa shape index (κ3) is 11.7. The Morgan fingerprint density at radius 1 is 0.722 bits per heavy atom. The summed E-state index contributed by atoms with van der Waals surface area (Å²) in [6, 6.07) is 15.5. The molecule has 0 bridgehead atoms. The first kappa shape index (κ1) is 29.3. The molecular weight excluding hydrogens is 448 g/mol. The van der Waals surface area contributed by atoms with Gasteiger partial charge in [0.2, 0.25) is 0 Å². The predicted octanol–water partition coefficient (Wildman–Crippen LogP) is 10.1. The fraction of sp³-hybridized carbons (Fsp3) is 0.516. The Labute approximate surface area is 217 Å². The molecule has 0 aromatic heterocycles. The van der Waals surface area contributed by atoms with E-state index in [1.807, 2.05) is 36.4 Å². The number of carboxylic acids is 1. The highest BCUT2D eigenvalue weighted by Crippen LogP contribution is 2.25. The third-order valence-corrected chi connectivity index (χ3v) is 6.36. The van der Waals surface area contributed by atoms with E-state index in [4.69, 9.17) is 4.74 Å². The zero-order valence-corrected chi connectivity index (χ0v) is 22.5. The predicted molar refractivity (Wildman–Crippen MR) is 148 cm³/mol. The second-order valence-corrected chi connectivity index (χ2v) is 9.50. The molecule has 1 N–H and O–H groups in total. The summed E-state index contributed by atoms with van der Waals surface area (Å²) >= 11 is 0. The molecule has 5 nitrogen and oxygen atoms in total. The number of carbonyl (C=O) groups is 1. The minimum absolute atomic E-state index is 0.265. The number of aliphatic carboxylic acids is 1. The van der Waals surface area contributed by atoms with Crippen molar-refractivity contribution in [2.75, 3.05) is 0 Å². The van der Waals surface area contributed by atoms with Gasteiger partial charge >= 0.3 is 5.97 Å². The van der Waals surface area contributed by atoms with E-state index in [1.165, 1.54) is 63.4 Å². The van der Waals surface area contributed by atoms with Crippen molar-refractivity contribution in [3.63, 3.8) is 0 Å². The van der Waals surface area contributed by atoms with Crippen LogP contribution in [0.1, 0.15) is 103 Å². The van der Waals surface area contributed by atoms with Crippen LogP contribution in [-0.2, 0) is 11.2 Å². The van der Waals surface area contributed by atoms with Gasteiger partial charge in [-0.25, -0.2) is 4.79 Å². The molecule has 0 radical (unpaired) electrons. The van der Waals surface area contributed by atoms with Gasteiger partial charge in [-0.2, -0.15) is 10.2 Å². The number of rotatable bonds is 18.